The number of aromatic amines is 1. The number of nitrogens with zero attached hydrogens (tertiary/aromatic N) is 1. The van der Waals surface area contributed by atoms with E-state index >= 15 is 0 Å². The fourth-order valence-electron chi connectivity index (χ4n) is 2.34. The average molecular weight is 324 g/mol. The molecular formula is C18H16N2O4. The number of ether oxygens (including phenoxy) is 2. The molecule has 1 aromatic heterocycles. The SMILES string of the molecule is CCOC(=O)COc1ccccc1-c1nc2ccccc2c(=O)[nH]1. The van der Waals surface area contributed by atoms with E-state index in [1.807, 2.05) is 12.1 Å². The Morgan fingerprint density at radius 3 is 2.71 bits per heavy atom. The fourth-order valence-corrected chi connectivity index (χ4v) is 2.34. The van der Waals surface area contributed by atoms with Crippen LogP contribution >= 0.6 is 0 Å². The third kappa shape index (κ3) is 3.27. The van der Waals surface area contributed by atoms with E-state index in [4.69, 9.17) is 9.47 Å². The third-order valence-electron chi connectivity index (χ3n) is 3.41. The monoisotopic (exact) mass is 324 g/mol. The van der Waals surface area contributed by atoms with Gasteiger partial charge in [-0.25, -0.2) is 9.78 Å². The van der Waals surface area contributed by atoms with Gasteiger partial charge in [-0.05, 0) is 31.2 Å². The molecule has 0 atom stereocenters. The van der Waals surface area contributed by atoms with Crippen LogP contribution in [0.5, 0.6) is 5.75 Å². The first-order valence-electron chi connectivity index (χ1n) is 7.56. The molecule has 0 radical (unpaired) electrons. The van der Waals surface area contributed by atoms with E-state index < -0.39 is 5.97 Å². The van der Waals surface area contributed by atoms with Crippen molar-refractivity contribution in [2.75, 3.05) is 13.2 Å². The number of nitrogens with one attached hydrogen (secondary N) is 1. The highest BCUT2D eigenvalue weighted by Crippen LogP contribution is 2.27. The van der Waals surface area contributed by atoms with Crippen LogP contribution in [0.4, 0.5) is 0 Å². The number of para-hydroxylation sites is 2. The lowest BCUT2D eigenvalue weighted by atomic mass is 10.1. The summed E-state index contributed by atoms with van der Waals surface area (Å²) >= 11 is 0. The summed E-state index contributed by atoms with van der Waals surface area (Å²) in [6, 6.07) is 14.2. The summed E-state index contributed by atoms with van der Waals surface area (Å²) in [6.07, 6.45) is 0. The van der Waals surface area contributed by atoms with Gasteiger partial charge in [-0.2, -0.15) is 0 Å². The van der Waals surface area contributed by atoms with Crippen LogP contribution in [-0.4, -0.2) is 29.2 Å². The first-order valence-corrected chi connectivity index (χ1v) is 7.56. The first-order chi connectivity index (χ1) is 11.7. The Labute approximate surface area is 138 Å². The number of fused-ring (bicyclic) bond motifs is 1. The number of H-pyrrole nitrogens is 1. The van der Waals surface area contributed by atoms with Crippen LogP contribution in [-0.2, 0) is 9.53 Å². The molecule has 0 unspecified atom stereocenters. The predicted octanol–water partition coefficient (Wildman–Crippen LogP) is 2.53. The van der Waals surface area contributed by atoms with Crippen molar-refractivity contribution in [3.8, 4) is 17.1 Å². The van der Waals surface area contributed by atoms with Gasteiger partial charge < -0.3 is 14.5 Å². The van der Waals surface area contributed by atoms with Crippen LogP contribution in [0.3, 0.4) is 0 Å². The molecule has 1 N–H and O–H groups in total. The molecule has 0 fully saturated rings. The van der Waals surface area contributed by atoms with Gasteiger partial charge >= 0.3 is 5.97 Å². The molecule has 3 aromatic rings. The number of benzene rings is 2. The molecule has 6 heteroatoms. The normalized spacial score (nSPS) is 10.5. The zero-order valence-corrected chi connectivity index (χ0v) is 13.1. The number of aromatic nitrogens is 2. The van der Waals surface area contributed by atoms with Gasteiger partial charge in [0.2, 0.25) is 0 Å². The number of hydrogen-bond donors (Lipinski definition) is 1. The van der Waals surface area contributed by atoms with Crippen LogP contribution in [0.2, 0.25) is 0 Å². The highest BCUT2D eigenvalue weighted by molar-refractivity contribution is 5.80. The molecule has 0 aliphatic heterocycles. The standard InChI is InChI=1S/C18H16N2O4/c1-2-23-16(21)11-24-15-10-6-4-8-13(15)17-19-14-9-5-3-7-12(14)18(22)20-17/h3-10H,2,11H2,1H3,(H,19,20,22). The summed E-state index contributed by atoms with van der Waals surface area (Å²) in [6.45, 7) is 1.82. The molecule has 0 spiro atoms. The fraction of sp³-hybridized carbons (Fsp3) is 0.167. The Balaban J connectivity index is 1.98. The lowest BCUT2D eigenvalue weighted by Crippen LogP contribution is -2.15. The van der Waals surface area contributed by atoms with Crippen molar-refractivity contribution in [1.29, 1.82) is 0 Å². The Bertz CT molecular complexity index is 933. The lowest BCUT2D eigenvalue weighted by Gasteiger charge is -2.11. The lowest BCUT2D eigenvalue weighted by molar-refractivity contribution is -0.145. The Hall–Kier alpha value is -3.15. The molecule has 122 valence electrons. The van der Waals surface area contributed by atoms with E-state index in [9.17, 15) is 9.59 Å². The quantitative estimate of drug-likeness (QED) is 0.729. The Kier molecular flexibility index (Phi) is 4.56. The topological polar surface area (TPSA) is 81.3 Å². The zero-order chi connectivity index (χ0) is 16.9. The molecule has 3 rings (SSSR count). The van der Waals surface area contributed by atoms with Crippen LogP contribution in [0.15, 0.2) is 53.3 Å². The Morgan fingerprint density at radius 1 is 1.12 bits per heavy atom. The Morgan fingerprint density at radius 2 is 1.88 bits per heavy atom. The molecule has 1 heterocycles. The van der Waals surface area contributed by atoms with E-state index in [-0.39, 0.29) is 12.2 Å². The van der Waals surface area contributed by atoms with Gasteiger partial charge in [-0.15, -0.1) is 0 Å². The van der Waals surface area contributed by atoms with Crippen molar-refractivity contribution in [3.63, 3.8) is 0 Å². The van der Waals surface area contributed by atoms with E-state index in [2.05, 4.69) is 9.97 Å². The van der Waals surface area contributed by atoms with E-state index in [0.717, 1.165) is 0 Å². The van der Waals surface area contributed by atoms with Gasteiger partial charge in [0, 0.05) is 0 Å². The summed E-state index contributed by atoms with van der Waals surface area (Å²) in [5, 5.41) is 0.520. The van der Waals surface area contributed by atoms with Gasteiger partial charge in [0.05, 0.1) is 23.1 Å². The molecule has 0 amide bonds. The molecule has 6 nitrogen and oxygen atoms in total. The van der Waals surface area contributed by atoms with E-state index in [1.54, 1.807) is 43.3 Å². The van der Waals surface area contributed by atoms with Crippen molar-refractivity contribution in [2.24, 2.45) is 0 Å². The number of carbonyl (C=O) groups excluding carboxylic acids is 1. The highest BCUT2D eigenvalue weighted by Gasteiger charge is 2.12. The van der Waals surface area contributed by atoms with Crippen molar-refractivity contribution < 1.29 is 14.3 Å². The van der Waals surface area contributed by atoms with Gasteiger partial charge in [-0.1, -0.05) is 24.3 Å². The smallest absolute Gasteiger partial charge is 0.344 e. The number of esters is 1. The van der Waals surface area contributed by atoms with Crippen molar-refractivity contribution >= 4 is 16.9 Å². The van der Waals surface area contributed by atoms with Crippen LogP contribution in [0.25, 0.3) is 22.3 Å². The number of hydrogen-bond acceptors (Lipinski definition) is 5. The average Bonchev–Trinajstić information content (AvgIpc) is 2.60. The molecule has 0 bridgehead atoms. The van der Waals surface area contributed by atoms with Crippen LogP contribution in [0, 0.1) is 0 Å². The number of carbonyl (C=O) groups is 1. The molecule has 0 aliphatic carbocycles. The molecule has 24 heavy (non-hydrogen) atoms. The van der Waals surface area contributed by atoms with Gasteiger partial charge in [0.25, 0.3) is 5.56 Å². The molecule has 2 aromatic carbocycles. The minimum Gasteiger partial charge on any atom is -0.481 e. The molecular weight excluding hydrogens is 308 g/mol. The second-order valence-corrected chi connectivity index (χ2v) is 5.02. The summed E-state index contributed by atoms with van der Waals surface area (Å²) in [5.74, 6) is 0.384. The second kappa shape index (κ2) is 6.95. The summed E-state index contributed by atoms with van der Waals surface area (Å²) in [7, 11) is 0. The summed E-state index contributed by atoms with van der Waals surface area (Å²) < 4.78 is 10.4. The van der Waals surface area contributed by atoms with Gasteiger partial charge in [0.1, 0.15) is 11.6 Å². The van der Waals surface area contributed by atoms with E-state index in [1.165, 1.54) is 0 Å². The van der Waals surface area contributed by atoms with Gasteiger partial charge in [0.15, 0.2) is 6.61 Å². The summed E-state index contributed by atoms with van der Waals surface area (Å²) in [5.41, 5.74) is 0.969. The maximum atomic E-state index is 12.2. The highest BCUT2D eigenvalue weighted by atomic mass is 16.6. The van der Waals surface area contributed by atoms with E-state index in [0.29, 0.717) is 34.6 Å². The predicted molar refractivity (Wildman–Crippen MR) is 89.9 cm³/mol. The van der Waals surface area contributed by atoms with Crippen molar-refractivity contribution in [1.82, 2.24) is 9.97 Å². The van der Waals surface area contributed by atoms with Crippen molar-refractivity contribution in [3.05, 3.63) is 58.9 Å². The molecule has 0 saturated heterocycles. The summed E-state index contributed by atoms with van der Waals surface area (Å²) in [4.78, 5) is 30.9. The molecule has 0 aliphatic rings. The minimum atomic E-state index is -0.452. The van der Waals surface area contributed by atoms with Crippen LogP contribution < -0.4 is 10.3 Å². The van der Waals surface area contributed by atoms with Gasteiger partial charge in [-0.3, -0.25) is 4.79 Å². The third-order valence-corrected chi connectivity index (χ3v) is 3.41. The zero-order valence-electron chi connectivity index (χ0n) is 13.1. The maximum absolute atomic E-state index is 12.2. The minimum absolute atomic E-state index is 0.206. The number of rotatable bonds is 5. The molecule has 0 saturated carbocycles. The van der Waals surface area contributed by atoms with Crippen LogP contribution in [0.1, 0.15) is 6.92 Å². The first kappa shape index (κ1) is 15.7. The maximum Gasteiger partial charge on any atom is 0.344 e. The largest absolute Gasteiger partial charge is 0.481 e. The second-order valence-electron chi connectivity index (χ2n) is 5.02. The van der Waals surface area contributed by atoms with Crippen molar-refractivity contribution in [2.45, 2.75) is 6.92 Å².